The number of carboxylic acid groups (broad SMARTS) is 1. The molecule has 1 amide bonds. The summed E-state index contributed by atoms with van der Waals surface area (Å²) in [6, 6.07) is -0.423. The molecule has 0 radical (unpaired) electrons. The van der Waals surface area contributed by atoms with Gasteiger partial charge in [-0.15, -0.1) is 0 Å². The number of rotatable bonds is 11. The van der Waals surface area contributed by atoms with Gasteiger partial charge in [-0.1, -0.05) is 33.1 Å². The highest BCUT2D eigenvalue weighted by Gasteiger charge is 2.14. The molecule has 0 heterocycles. The van der Waals surface area contributed by atoms with E-state index in [1.807, 2.05) is 6.92 Å². The Hall–Kier alpha value is -1.10. The highest BCUT2D eigenvalue weighted by Crippen LogP contribution is 2.17. The number of amides is 1. The minimum Gasteiger partial charge on any atom is -0.481 e. The molecule has 1 unspecified atom stereocenters. The largest absolute Gasteiger partial charge is 0.481 e. The van der Waals surface area contributed by atoms with Crippen LogP contribution in [-0.2, 0) is 9.59 Å². The average Bonchev–Trinajstić information content (AvgIpc) is 2.35. The van der Waals surface area contributed by atoms with Gasteiger partial charge in [-0.2, -0.15) is 0 Å². The molecule has 0 saturated heterocycles. The van der Waals surface area contributed by atoms with Crippen LogP contribution in [0.25, 0.3) is 0 Å². The number of hydrogen-bond donors (Lipinski definition) is 3. The lowest BCUT2D eigenvalue weighted by Crippen LogP contribution is -2.41. The number of aliphatic carboxylic acids is 1. The molecule has 5 heteroatoms. The third-order valence-corrected chi connectivity index (χ3v) is 3.25. The fourth-order valence-corrected chi connectivity index (χ4v) is 2.14. The third kappa shape index (κ3) is 9.47. The van der Waals surface area contributed by atoms with Crippen LogP contribution in [0.4, 0.5) is 0 Å². The van der Waals surface area contributed by atoms with Gasteiger partial charge in [-0.05, 0) is 25.2 Å². The maximum atomic E-state index is 11.6. The summed E-state index contributed by atoms with van der Waals surface area (Å²) in [5, 5.41) is 11.5. The van der Waals surface area contributed by atoms with Gasteiger partial charge in [-0.3, -0.25) is 9.59 Å². The number of carbonyl (C=O) groups excluding carboxylic acids is 1. The number of carboxylic acids is 1. The molecule has 4 N–H and O–H groups in total. The van der Waals surface area contributed by atoms with Crippen LogP contribution < -0.4 is 11.1 Å². The number of hydrogen-bond acceptors (Lipinski definition) is 3. The van der Waals surface area contributed by atoms with Crippen LogP contribution >= 0.6 is 0 Å². The van der Waals surface area contributed by atoms with Gasteiger partial charge < -0.3 is 16.2 Å². The Kier molecular flexibility index (Phi) is 10.2. The van der Waals surface area contributed by atoms with E-state index in [-0.39, 0.29) is 12.3 Å². The zero-order chi connectivity index (χ0) is 14.7. The fraction of sp³-hybridized carbons (Fsp3) is 0.857. The van der Waals surface area contributed by atoms with Crippen LogP contribution in [0.1, 0.15) is 58.8 Å². The summed E-state index contributed by atoms with van der Waals surface area (Å²) >= 11 is 0. The van der Waals surface area contributed by atoms with Crippen LogP contribution in [0.5, 0.6) is 0 Å². The Morgan fingerprint density at radius 3 is 2.26 bits per heavy atom. The zero-order valence-corrected chi connectivity index (χ0v) is 12.2. The second-order valence-corrected chi connectivity index (χ2v) is 5.06. The SMILES string of the molecule is CCCC(CCNC(=O)[C@H](N)CCC)CCC(=O)O. The predicted octanol–water partition coefficient (Wildman–Crippen LogP) is 1.90. The number of nitrogens with one attached hydrogen (secondary N) is 1. The van der Waals surface area contributed by atoms with Crippen LogP contribution in [0.2, 0.25) is 0 Å². The molecule has 0 aromatic carbocycles. The fourth-order valence-electron chi connectivity index (χ4n) is 2.14. The second-order valence-electron chi connectivity index (χ2n) is 5.06. The molecule has 0 fully saturated rings. The number of carbonyl (C=O) groups is 2. The van der Waals surface area contributed by atoms with Gasteiger partial charge in [-0.25, -0.2) is 0 Å². The van der Waals surface area contributed by atoms with E-state index in [1.165, 1.54) is 0 Å². The average molecular weight is 272 g/mol. The van der Waals surface area contributed by atoms with Crippen molar-refractivity contribution in [2.24, 2.45) is 11.7 Å². The van der Waals surface area contributed by atoms with E-state index in [1.54, 1.807) is 0 Å². The molecular formula is C14H28N2O3. The molecule has 0 aliphatic heterocycles. The van der Waals surface area contributed by atoms with Crippen molar-refractivity contribution in [2.75, 3.05) is 6.54 Å². The molecule has 19 heavy (non-hydrogen) atoms. The summed E-state index contributed by atoms with van der Waals surface area (Å²) in [4.78, 5) is 22.2. The first-order chi connectivity index (χ1) is 9.01. The van der Waals surface area contributed by atoms with Crippen LogP contribution in [0, 0.1) is 5.92 Å². The minimum atomic E-state index is -0.755. The molecule has 0 aromatic heterocycles. The molecule has 0 bridgehead atoms. The Labute approximate surface area is 115 Å². The third-order valence-electron chi connectivity index (χ3n) is 3.25. The Morgan fingerprint density at radius 1 is 1.11 bits per heavy atom. The van der Waals surface area contributed by atoms with Crippen molar-refractivity contribution >= 4 is 11.9 Å². The topological polar surface area (TPSA) is 92.4 Å². The summed E-state index contributed by atoms with van der Waals surface area (Å²) in [6.45, 7) is 4.67. The summed E-state index contributed by atoms with van der Waals surface area (Å²) in [7, 11) is 0. The number of nitrogens with two attached hydrogens (primary N) is 1. The van der Waals surface area contributed by atoms with Gasteiger partial charge in [0.05, 0.1) is 6.04 Å². The summed E-state index contributed by atoms with van der Waals surface area (Å²) < 4.78 is 0. The Morgan fingerprint density at radius 2 is 1.74 bits per heavy atom. The lowest BCUT2D eigenvalue weighted by atomic mass is 9.94. The van der Waals surface area contributed by atoms with Gasteiger partial charge in [0.25, 0.3) is 0 Å². The molecule has 0 aliphatic carbocycles. The molecule has 2 atom stereocenters. The Bertz CT molecular complexity index is 269. The van der Waals surface area contributed by atoms with Crippen molar-refractivity contribution in [1.29, 1.82) is 0 Å². The molecule has 0 aliphatic rings. The molecule has 112 valence electrons. The van der Waals surface area contributed by atoms with Crippen molar-refractivity contribution < 1.29 is 14.7 Å². The summed E-state index contributed by atoms with van der Waals surface area (Å²) in [5.74, 6) is -0.491. The van der Waals surface area contributed by atoms with E-state index in [2.05, 4.69) is 12.2 Å². The first-order valence-electron chi connectivity index (χ1n) is 7.26. The highest BCUT2D eigenvalue weighted by atomic mass is 16.4. The lowest BCUT2D eigenvalue weighted by Gasteiger charge is -2.16. The van der Waals surface area contributed by atoms with Gasteiger partial charge in [0, 0.05) is 13.0 Å². The first kappa shape index (κ1) is 17.9. The molecule has 5 nitrogen and oxygen atoms in total. The van der Waals surface area contributed by atoms with Gasteiger partial charge in [0.1, 0.15) is 0 Å². The molecule has 0 spiro atoms. The van der Waals surface area contributed by atoms with E-state index >= 15 is 0 Å². The van der Waals surface area contributed by atoms with E-state index < -0.39 is 12.0 Å². The van der Waals surface area contributed by atoms with Crippen molar-refractivity contribution in [3.8, 4) is 0 Å². The van der Waals surface area contributed by atoms with Gasteiger partial charge in [0.15, 0.2) is 0 Å². The smallest absolute Gasteiger partial charge is 0.303 e. The van der Waals surface area contributed by atoms with E-state index in [9.17, 15) is 9.59 Å². The van der Waals surface area contributed by atoms with Gasteiger partial charge >= 0.3 is 5.97 Å². The van der Waals surface area contributed by atoms with Crippen LogP contribution in [0.15, 0.2) is 0 Å². The summed E-state index contributed by atoms with van der Waals surface area (Å²) in [5.41, 5.74) is 5.71. The summed E-state index contributed by atoms with van der Waals surface area (Å²) in [6.07, 6.45) is 5.34. The molecule has 0 saturated carbocycles. The lowest BCUT2D eigenvalue weighted by molar-refractivity contribution is -0.137. The van der Waals surface area contributed by atoms with Crippen LogP contribution in [0.3, 0.4) is 0 Å². The van der Waals surface area contributed by atoms with Crippen molar-refractivity contribution in [2.45, 2.75) is 64.8 Å². The highest BCUT2D eigenvalue weighted by molar-refractivity contribution is 5.81. The van der Waals surface area contributed by atoms with Crippen molar-refractivity contribution in [3.63, 3.8) is 0 Å². The second kappa shape index (κ2) is 10.8. The van der Waals surface area contributed by atoms with Crippen molar-refractivity contribution in [3.05, 3.63) is 0 Å². The first-order valence-corrected chi connectivity index (χ1v) is 7.26. The van der Waals surface area contributed by atoms with Crippen LogP contribution in [-0.4, -0.2) is 29.6 Å². The standard InChI is InChI=1S/C14H28N2O3/c1-3-5-11(7-8-13(17)18)9-10-16-14(19)12(15)6-4-2/h11-12H,3-10,15H2,1-2H3,(H,16,19)(H,17,18)/t11?,12-/m1/s1. The Balaban J connectivity index is 3.90. The maximum absolute atomic E-state index is 11.6. The minimum absolute atomic E-state index is 0.102. The zero-order valence-electron chi connectivity index (χ0n) is 12.2. The predicted molar refractivity (Wildman–Crippen MR) is 75.8 cm³/mol. The van der Waals surface area contributed by atoms with E-state index in [0.717, 1.165) is 25.7 Å². The maximum Gasteiger partial charge on any atom is 0.303 e. The van der Waals surface area contributed by atoms with E-state index in [4.69, 9.17) is 10.8 Å². The van der Waals surface area contributed by atoms with Gasteiger partial charge in [0.2, 0.25) is 5.91 Å². The molecule has 0 aromatic rings. The monoisotopic (exact) mass is 272 g/mol. The quantitative estimate of drug-likeness (QED) is 0.535. The molecule has 0 rings (SSSR count). The van der Waals surface area contributed by atoms with E-state index in [0.29, 0.717) is 25.3 Å². The van der Waals surface area contributed by atoms with Crippen molar-refractivity contribution in [1.82, 2.24) is 5.32 Å². The normalized spacial score (nSPS) is 13.8. The molecular weight excluding hydrogens is 244 g/mol.